The van der Waals surface area contributed by atoms with E-state index in [0.29, 0.717) is 18.9 Å². The largest absolute Gasteiger partial charge is 0.492 e. The van der Waals surface area contributed by atoms with Crippen molar-refractivity contribution in [2.24, 2.45) is 0 Å². The van der Waals surface area contributed by atoms with E-state index >= 15 is 0 Å². The van der Waals surface area contributed by atoms with Crippen LogP contribution in [-0.4, -0.2) is 21.6 Å². The van der Waals surface area contributed by atoms with Gasteiger partial charge in [0.2, 0.25) is 10.0 Å². The van der Waals surface area contributed by atoms with E-state index in [1.165, 1.54) is 5.56 Å². The van der Waals surface area contributed by atoms with Gasteiger partial charge in [0.05, 0.1) is 6.61 Å². The molecule has 0 radical (unpaired) electrons. The van der Waals surface area contributed by atoms with Crippen LogP contribution in [0.4, 0.5) is 0 Å². The molecule has 22 heavy (non-hydrogen) atoms. The standard InChI is InChI=1S/C17H21NO3S/c1-2-21-16-12-6-7-13-17(16)22(19,20)18-14-8-11-15-9-4-3-5-10-15/h3-7,9-10,12-13,18H,2,8,11,14H2,1H3. The van der Waals surface area contributed by atoms with E-state index in [1.54, 1.807) is 24.3 Å². The molecule has 0 aliphatic carbocycles. The average molecular weight is 319 g/mol. The molecule has 0 atom stereocenters. The zero-order chi connectivity index (χ0) is 15.8. The van der Waals surface area contributed by atoms with Gasteiger partial charge in [-0.25, -0.2) is 13.1 Å². The van der Waals surface area contributed by atoms with E-state index in [-0.39, 0.29) is 4.90 Å². The Morgan fingerprint density at radius 1 is 1.00 bits per heavy atom. The monoisotopic (exact) mass is 319 g/mol. The molecule has 4 nitrogen and oxygen atoms in total. The zero-order valence-corrected chi connectivity index (χ0v) is 13.5. The van der Waals surface area contributed by atoms with Crippen LogP contribution in [0, 0.1) is 0 Å². The summed E-state index contributed by atoms with van der Waals surface area (Å²) in [6.07, 6.45) is 1.59. The summed E-state index contributed by atoms with van der Waals surface area (Å²) in [6.45, 7) is 2.66. The molecule has 0 aromatic heterocycles. The van der Waals surface area contributed by atoms with E-state index in [4.69, 9.17) is 4.74 Å². The fourth-order valence-electron chi connectivity index (χ4n) is 2.17. The van der Waals surface area contributed by atoms with Gasteiger partial charge in [0, 0.05) is 6.54 Å². The molecular formula is C17H21NO3S. The van der Waals surface area contributed by atoms with Gasteiger partial charge in [-0.3, -0.25) is 0 Å². The van der Waals surface area contributed by atoms with E-state index in [1.807, 2.05) is 37.3 Å². The second-order valence-electron chi connectivity index (χ2n) is 4.87. The molecule has 0 heterocycles. The predicted octanol–water partition coefficient (Wildman–Crippen LogP) is 3.00. The minimum absolute atomic E-state index is 0.191. The summed E-state index contributed by atoms with van der Waals surface area (Å²) in [4.78, 5) is 0.191. The van der Waals surface area contributed by atoms with Crippen LogP contribution in [0.5, 0.6) is 5.75 Å². The molecule has 2 aromatic carbocycles. The molecule has 1 N–H and O–H groups in total. The number of para-hydroxylation sites is 1. The van der Waals surface area contributed by atoms with Gasteiger partial charge in [-0.15, -0.1) is 0 Å². The van der Waals surface area contributed by atoms with Gasteiger partial charge in [0.25, 0.3) is 0 Å². The summed E-state index contributed by atoms with van der Waals surface area (Å²) >= 11 is 0. The zero-order valence-electron chi connectivity index (χ0n) is 12.7. The minimum Gasteiger partial charge on any atom is -0.492 e. The third-order valence-electron chi connectivity index (χ3n) is 3.22. The Balaban J connectivity index is 1.94. The van der Waals surface area contributed by atoms with Crippen LogP contribution in [0.1, 0.15) is 18.9 Å². The van der Waals surface area contributed by atoms with E-state index in [2.05, 4.69) is 4.72 Å². The lowest BCUT2D eigenvalue weighted by Gasteiger charge is -2.11. The van der Waals surface area contributed by atoms with Crippen LogP contribution in [0.15, 0.2) is 59.5 Å². The first-order chi connectivity index (χ1) is 10.6. The molecule has 0 spiro atoms. The molecule has 0 aliphatic rings. The third kappa shape index (κ3) is 4.58. The summed E-state index contributed by atoms with van der Waals surface area (Å²) < 4.78 is 32.7. The van der Waals surface area contributed by atoms with E-state index in [9.17, 15) is 8.42 Å². The van der Waals surface area contributed by atoms with Gasteiger partial charge in [-0.2, -0.15) is 0 Å². The minimum atomic E-state index is -3.54. The molecule has 2 aromatic rings. The molecule has 0 amide bonds. The maximum absolute atomic E-state index is 12.3. The number of hydrogen-bond donors (Lipinski definition) is 1. The Labute approximate surface area is 132 Å². The molecule has 0 bridgehead atoms. The molecular weight excluding hydrogens is 298 g/mol. The maximum atomic E-state index is 12.3. The topological polar surface area (TPSA) is 55.4 Å². The molecule has 0 unspecified atom stereocenters. The van der Waals surface area contributed by atoms with Crippen molar-refractivity contribution in [2.75, 3.05) is 13.2 Å². The lowest BCUT2D eigenvalue weighted by atomic mass is 10.1. The SMILES string of the molecule is CCOc1ccccc1S(=O)(=O)NCCCc1ccccc1. The van der Waals surface area contributed by atoms with Crippen LogP contribution in [0.2, 0.25) is 0 Å². The first-order valence-electron chi connectivity index (χ1n) is 7.39. The van der Waals surface area contributed by atoms with E-state index < -0.39 is 10.0 Å². The molecule has 0 fully saturated rings. The Morgan fingerprint density at radius 2 is 1.68 bits per heavy atom. The van der Waals surface area contributed by atoms with Gasteiger partial charge in [0.15, 0.2) is 0 Å². The number of sulfonamides is 1. The van der Waals surface area contributed by atoms with Gasteiger partial charge < -0.3 is 4.74 Å². The van der Waals surface area contributed by atoms with Gasteiger partial charge in [-0.05, 0) is 37.5 Å². The molecule has 118 valence electrons. The van der Waals surface area contributed by atoms with Crippen molar-refractivity contribution in [3.05, 3.63) is 60.2 Å². The lowest BCUT2D eigenvalue weighted by Crippen LogP contribution is -2.25. The fraction of sp³-hybridized carbons (Fsp3) is 0.294. The fourth-order valence-corrected chi connectivity index (χ4v) is 3.39. The van der Waals surface area contributed by atoms with Crippen LogP contribution in [0.25, 0.3) is 0 Å². The highest BCUT2D eigenvalue weighted by Crippen LogP contribution is 2.22. The normalized spacial score (nSPS) is 11.3. The van der Waals surface area contributed by atoms with E-state index in [0.717, 1.165) is 12.8 Å². The van der Waals surface area contributed by atoms with Gasteiger partial charge in [-0.1, -0.05) is 42.5 Å². The summed E-state index contributed by atoms with van der Waals surface area (Å²) in [5.41, 5.74) is 1.21. The van der Waals surface area contributed by atoms with Gasteiger partial charge in [0.1, 0.15) is 10.6 Å². The molecule has 2 rings (SSSR count). The Morgan fingerprint density at radius 3 is 2.41 bits per heavy atom. The molecule has 0 saturated heterocycles. The highest BCUT2D eigenvalue weighted by molar-refractivity contribution is 7.89. The Bertz CT molecular complexity index is 684. The summed E-state index contributed by atoms with van der Waals surface area (Å²) in [5.74, 6) is 0.389. The Hall–Kier alpha value is -1.85. The smallest absolute Gasteiger partial charge is 0.244 e. The molecule has 0 saturated carbocycles. The van der Waals surface area contributed by atoms with Crippen molar-refractivity contribution >= 4 is 10.0 Å². The van der Waals surface area contributed by atoms with Crippen molar-refractivity contribution in [2.45, 2.75) is 24.7 Å². The Kier molecular flexibility index (Phi) is 5.98. The number of rotatable bonds is 8. The number of ether oxygens (including phenoxy) is 1. The van der Waals surface area contributed by atoms with Crippen molar-refractivity contribution in [3.63, 3.8) is 0 Å². The predicted molar refractivity (Wildman–Crippen MR) is 87.6 cm³/mol. The quantitative estimate of drug-likeness (QED) is 0.761. The first-order valence-corrected chi connectivity index (χ1v) is 8.87. The third-order valence-corrected chi connectivity index (χ3v) is 4.72. The van der Waals surface area contributed by atoms with Gasteiger partial charge >= 0.3 is 0 Å². The van der Waals surface area contributed by atoms with Crippen molar-refractivity contribution in [1.82, 2.24) is 4.72 Å². The lowest BCUT2D eigenvalue weighted by molar-refractivity contribution is 0.331. The van der Waals surface area contributed by atoms with Crippen LogP contribution in [0.3, 0.4) is 0 Å². The second-order valence-corrected chi connectivity index (χ2v) is 6.60. The molecule has 5 heteroatoms. The second kappa shape index (κ2) is 7.96. The maximum Gasteiger partial charge on any atom is 0.244 e. The summed E-state index contributed by atoms with van der Waals surface area (Å²) in [7, 11) is -3.54. The highest BCUT2D eigenvalue weighted by atomic mass is 32.2. The number of nitrogens with one attached hydrogen (secondary N) is 1. The van der Waals surface area contributed by atoms with Crippen LogP contribution < -0.4 is 9.46 Å². The molecule has 0 aliphatic heterocycles. The average Bonchev–Trinajstić information content (AvgIpc) is 2.53. The number of hydrogen-bond acceptors (Lipinski definition) is 3. The van der Waals surface area contributed by atoms with Crippen molar-refractivity contribution in [3.8, 4) is 5.75 Å². The first kappa shape index (κ1) is 16.5. The summed E-state index contributed by atoms with van der Waals surface area (Å²) in [5, 5.41) is 0. The number of aryl methyl sites for hydroxylation is 1. The van der Waals surface area contributed by atoms with Crippen molar-refractivity contribution < 1.29 is 13.2 Å². The van der Waals surface area contributed by atoms with Crippen LogP contribution >= 0.6 is 0 Å². The highest BCUT2D eigenvalue weighted by Gasteiger charge is 2.18. The number of benzene rings is 2. The van der Waals surface area contributed by atoms with Crippen molar-refractivity contribution in [1.29, 1.82) is 0 Å². The van der Waals surface area contributed by atoms with Crippen LogP contribution in [-0.2, 0) is 16.4 Å². The summed E-state index contributed by atoms with van der Waals surface area (Å²) in [6, 6.07) is 16.7.